The van der Waals surface area contributed by atoms with E-state index in [0.29, 0.717) is 24.3 Å². The van der Waals surface area contributed by atoms with Gasteiger partial charge in [-0.3, -0.25) is 0 Å². The number of aliphatic hydroxyl groups is 1. The lowest BCUT2D eigenvalue weighted by atomic mass is 9.67. The number of rotatable bonds is 2. The first-order chi connectivity index (χ1) is 9.26. The molecule has 1 saturated carbocycles. The topological polar surface area (TPSA) is 29.5 Å². The quantitative estimate of drug-likeness (QED) is 0.877. The summed E-state index contributed by atoms with van der Waals surface area (Å²) in [5.41, 5.74) is 0.0459. The van der Waals surface area contributed by atoms with Gasteiger partial charge >= 0.3 is 0 Å². The highest BCUT2D eigenvalue weighted by atomic mass is 19.1. The zero-order chi connectivity index (χ0) is 15.0. The minimum absolute atomic E-state index is 0.223. The highest BCUT2D eigenvalue weighted by Crippen LogP contribution is 2.45. The molecule has 0 radical (unpaired) electrons. The van der Waals surface area contributed by atoms with Crippen LogP contribution in [0.1, 0.15) is 52.0 Å². The van der Waals surface area contributed by atoms with Gasteiger partial charge in [-0.05, 0) is 54.7 Å². The maximum Gasteiger partial charge on any atom is 0.165 e. The summed E-state index contributed by atoms with van der Waals surface area (Å²) in [5, 5.41) is 10.8. The molecule has 0 aromatic heterocycles. The smallest absolute Gasteiger partial charge is 0.165 e. The van der Waals surface area contributed by atoms with Crippen LogP contribution in [0.4, 0.5) is 4.39 Å². The predicted molar refractivity (Wildman–Crippen MR) is 78.3 cm³/mol. The molecule has 3 heteroatoms. The fourth-order valence-electron chi connectivity index (χ4n) is 3.21. The molecular formula is C17H25FO2. The van der Waals surface area contributed by atoms with Crippen molar-refractivity contribution in [3.05, 3.63) is 29.6 Å². The fraction of sp³-hybridized carbons (Fsp3) is 0.647. The average molecular weight is 280 g/mol. The van der Waals surface area contributed by atoms with Crippen molar-refractivity contribution >= 4 is 0 Å². The number of methoxy groups -OCH3 is 1. The molecule has 20 heavy (non-hydrogen) atoms. The minimum atomic E-state index is -0.894. The third-order valence-electron chi connectivity index (χ3n) is 4.73. The number of hydrogen-bond donors (Lipinski definition) is 1. The van der Waals surface area contributed by atoms with Gasteiger partial charge in [0.1, 0.15) is 0 Å². The Bertz CT molecular complexity index is 468. The van der Waals surface area contributed by atoms with E-state index < -0.39 is 11.4 Å². The number of hydrogen-bond acceptors (Lipinski definition) is 2. The van der Waals surface area contributed by atoms with Crippen molar-refractivity contribution < 1.29 is 14.2 Å². The molecule has 1 fully saturated rings. The van der Waals surface area contributed by atoms with Crippen molar-refractivity contribution in [2.75, 3.05) is 7.11 Å². The van der Waals surface area contributed by atoms with Crippen LogP contribution in [0.3, 0.4) is 0 Å². The highest BCUT2D eigenvalue weighted by Gasteiger charge is 2.38. The Morgan fingerprint density at radius 1 is 1.25 bits per heavy atom. The van der Waals surface area contributed by atoms with E-state index >= 15 is 0 Å². The molecule has 112 valence electrons. The second-order valence-corrected chi connectivity index (χ2v) is 7.02. The standard InChI is InChI=1S/C17H25FO2/c1-16(2,3)12-7-9-17(19,10-8-12)13-5-6-15(20-4)14(18)11-13/h5-6,11-12,19H,7-10H2,1-4H3. The number of ether oxygens (including phenoxy) is 1. The van der Waals surface area contributed by atoms with Gasteiger partial charge in [-0.1, -0.05) is 26.8 Å². The van der Waals surface area contributed by atoms with E-state index in [1.165, 1.54) is 13.2 Å². The van der Waals surface area contributed by atoms with Crippen molar-refractivity contribution in [1.29, 1.82) is 0 Å². The van der Waals surface area contributed by atoms with Crippen molar-refractivity contribution in [3.8, 4) is 5.75 Å². The van der Waals surface area contributed by atoms with E-state index in [-0.39, 0.29) is 11.2 Å². The van der Waals surface area contributed by atoms with Crippen LogP contribution in [0, 0.1) is 17.2 Å². The van der Waals surface area contributed by atoms with Crippen LogP contribution >= 0.6 is 0 Å². The van der Waals surface area contributed by atoms with Gasteiger partial charge in [0, 0.05) is 0 Å². The molecule has 1 N–H and O–H groups in total. The zero-order valence-corrected chi connectivity index (χ0v) is 12.9. The maximum atomic E-state index is 13.8. The van der Waals surface area contributed by atoms with Crippen LogP contribution in [0.15, 0.2) is 18.2 Å². The van der Waals surface area contributed by atoms with Gasteiger partial charge < -0.3 is 9.84 Å². The summed E-state index contributed by atoms with van der Waals surface area (Å²) in [5.74, 6) is 0.433. The molecule has 0 atom stereocenters. The summed E-state index contributed by atoms with van der Waals surface area (Å²) in [6.07, 6.45) is 3.35. The monoisotopic (exact) mass is 280 g/mol. The molecule has 1 aliphatic rings. The van der Waals surface area contributed by atoms with Crippen molar-refractivity contribution in [2.45, 2.75) is 52.1 Å². The van der Waals surface area contributed by atoms with Crippen LogP contribution in [-0.4, -0.2) is 12.2 Å². The Morgan fingerprint density at radius 2 is 1.85 bits per heavy atom. The normalized spacial score (nSPS) is 27.4. The second kappa shape index (κ2) is 5.36. The van der Waals surface area contributed by atoms with Crippen LogP contribution in [0.2, 0.25) is 0 Å². The molecular weight excluding hydrogens is 255 g/mol. The molecule has 0 spiro atoms. The highest BCUT2D eigenvalue weighted by molar-refractivity contribution is 5.32. The van der Waals surface area contributed by atoms with Gasteiger partial charge in [-0.15, -0.1) is 0 Å². The number of benzene rings is 1. The van der Waals surface area contributed by atoms with E-state index in [9.17, 15) is 9.50 Å². The summed E-state index contributed by atoms with van der Waals surface area (Å²) in [6.45, 7) is 6.74. The lowest BCUT2D eigenvalue weighted by Crippen LogP contribution is -2.35. The third-order valence-corrected chi connectivity index (χ3v) is 4.73. The Balaban J connectivity index is 2.15. The van der Waals surface area contributed by atoms with E-state index in [1.54, 1.807) is 12.1 Å². The second-order valence-electron chi connectivity index (χ2n) is 7.02. The molecule has 0 bridgehead atoms. The number of halogens is 1. The van der Waals surface area contributed by atoms with Crippen molar-refractivity contribution in [2.24, 2.45) is 11.3 Å². The lowest BCUT2D eigenvalue weighted by Gasteiger charge is -2.41. The molecule has 0 heterocycles. The van der Waals surface area contributed by atoms with E-state index in [1.807, 2.05) is 0 Å². The average Bonchev–Trinajstić information content (AvgIpc) is 2.38. The van der Waals surface area contributed by atoms with Crippen LogP contribution in [0.5, 0.6) is 5.75 Å². The first kappa shape index (κ1) is 15.3. The summed E-state index contributed by atoms with van der Waals surface area (Å²) < 4.78 is 18.7. The molecule has 0 unspecified atom stereocenters. The zero-order valence-electron chi connectivity index (χ0n) is 12.9. The molecule has 1 aliphatic carbocycles. The first-order valence-electron chi connectivity index (χ1n) is 7.33. The van der Waals surface area contributed by atoms with E-state index in [4.69, 9.17) is 4.74 Å². The predicted octanol–water partition coefficient (Wildman–Crippen LogP) is 4.26. The van der Waals surface area contributed by atoms with Gasteiger partial charge in [0.25, 0.3) is 0 Å². The van der Waals surface area contributed by atoms with E-state index in [2.05, 4.69) is 20.8 Å². The Hall–Kier alpha value is -1.09. The van der Waals surface area contributed by atoms with Gasteiger partial charge in [-0.2, -0.15) is 0 Å². The Kier molecular flexibility index (Phi) is 4.10. The maximum absolute atomic E-state index is 13.8. The van der Waals surface area contributed by atoms with Gasteiger partial charge in [0.05, 0.1) is 12.7 Å². The largest absolute Gasteiger partial charge is 0.494 e. The molecule has 2 rings (SSSR count). The van der Waals surface area contributed by atoms with Crippen LogP contribution in [0.25, 0.3) is 0 Å². The third kappa shape index (κ3) is 2.98. The van der Waals surface area contributed by atoms with Crippen LogP contribution < -0.4 is 4.74 Å². The molecule has 1 aromatic rings. The lowest BCUT2D eigenvalue weighted by molar-refractivity contribution is -0.0300. The summed E-state index contributed by atoms with van der Waals surface area (Å²) >= 11 is 0. The molecule has 0 saturated heterocycles. The van der Waals surface area contributed by atoms with Gasteiger partial charge in [0.2, 0.25) is 0 Å². The summed E-state index contributed by atoms with van der Waals surface area (Å²) in [7, 11) is 1.45. The SMILES string of the molecule is COc1ccc(C2(O)CCC(C(C)(C)C)CC2)cc1F. The van der Waals surface area contributed by atoms with Crippen molar-refractivity contribution in [3.63, 3.8) is 0 Å². The Labute approximate surface area is 121 Å². The minimum Gasteiger partial charge on any atom is -0.494 e. The summed E-state index contributed by atoms with van der Waals surface area (Å²) in [6, 6.07) is 4.79. The molecule has 2 nitrogen and oxygen atoms in total. The van der Waals surface area contributed by atoms with Gasteiger partial charge in [0.15, 0.2) is 11.6 Å². The molecule has 0 aliphatic heterocycles. The summed E-state index contributed by atoms with van der Waals surface area (Å²) in [4.78, 5) is 0. The van der Waals surface area contributed by atoms with E-state index in [0.717, 1.165) is 12.8 Å². The first-order valence-corrected chi connectivity index (χ1v) is 7.33. The van der Waals surface area contributed by atoms with Crippen LogP contribution in [-0.2, 0) is 5.60 Å². The Morgan fingerprint density at radius 3 is 2.30 bits per heavy atom. The fourth-order valence-corrected chi connectivity index (χ4v) is 3.21. The van der Waals surface area contributed by atoms with Gasteiger partial charge in [-0.25, -0.2) is 4.39 Å². The molecule has 0 amide bonds. The van der Waals surface area contributed by atoms with Crippen molar-refractivity contribution in [1.82, 2.24) is 0 Å². The molecule has 1 aromatic carbocycles.